The quantitative estimate of drug-likeness (QED) is 0.307. The Kier molecular flexibility index (Phi) is 8.03. The van der Waals surface area contributed by atoms with Gasteiger partial charge in [0.1, 0.15) is 30.8 Å². The highest BCUT2D eigenvalue weighted by atomic mass is 32.2. The molecule has 1 N–H and O–H groups in total. The molecule has 0 saturated carbocycles. The summed E-state index contributed by atoms with van der Waals surface area (Å²) in [6, 6.07) is 17.9. The van der Waals surface area contributed by atoms with Crippen molar-refractivity contribution in [1.82, 2.24) is 5.32 Å². The lowest BCUT2D eigenvalue weighted by Crippen LogP contribution is -2.25. The van der Waals surface area contributed by atoms with Crippen molar-refractivity contribution in [3.05, 3.63) is 87.3 Å². The van der Waals surface area contributed by atoms with E-state index in [9.17, 15) is 9.59 Å². The average molecular weight is 560 g/mol. The number of imide groups is 1. The number of hydrogen-bond acceptors (Lipinski definition) is 7. The number of amides is 2. The summed E-state index contributed by atoms with van der Waals surface area (Å²) in [5, 5.41) is 1.91. The molecule has 0 spiro atoms. The Morgan fingerprint density at radius 3 is 2.35 bits per heavy atom. The van der Waals surface area contributed by atoms with Gasteiger partial charge in [-0.3, -0.25) is 14.9 Å². The third kappa shape index (κ3) is 6.41. The molecule has 5 rings (SSSR count). The molecule has 8 heteroatoms. The monoisotopic (exact) mass is 559 g/mol. The maximum absolute atomic E-state index is 11.8. The summed E-state index contributed by atoms with van der Waals surface area (Å²) >= 11 is 0.905. The number of ether oxygens (including phenoxy) is 4. The number of thioether (sulfide) groups is 1. The molecule has 3 aromatic carbocycles. The molecule has 0 aliphatic carbocycles. The molecule has 3 aromatic rings. The van der Waals surface area contributed by atoms with E-state index in [1.54, 1.807) is 6.08 Å². The lowest BCUT2D eigenvalue weighted by Gasteiger charge is -2.19. The highest BCUT2D eigenvalue weighted by Gasteiger charge is 2.33. The Bertz CT molecular complexity index is 1450. The molecular formula is C32H33NO6S. The summed E-state index contributed by atoms with van der Waals surface area (Å²) < 4.78 is 23.7. The van der Waals surface area contributed by atoms with Gasteiger partial charge in [0, 0.05) is 0 Å². The fraction of sp³-hybridized carbons (Fsp3) is 0.312. The van der Waals surface area contributed by atoms with Crippen LogP contribution in [-0.4, -0.2) is 36.3 Å². The van der Waals surface area contributed by atoms with Gasteiger partial charge < -0.3 is 18.9 Å². The summed E-state index contributed by atoms with van der Waals surface area (Å²) in [5.41, 5.74) is 7.72. The number of benzene rings is 3. The molecule has 2 heterocycles. The summed E-state index contributed by atoms with van der Waals surface area (Å²) in [4.78, 5) is 23.5. The predicted octanol–water partition coefficient (Wildman–Crippen LogP) is 6.71. The molecule has 2 aliphatic rings. The van der Waals surface area contributed by atoms with E-state index >= 15 is 0 Å². The number of hydrogen-bond donors (Lipinski definition) is 1. The first-order chi connectivity index (χ1) is 19.1. The average Bonchev–Trinajstić information content (AvgIpc) is 3.42. The Labute approximate surface area is 238 Å². The maximum Gasteiger partial charge on any atom is 0.290 e. The first kappa shape index (κ1) is 28.0. The second kappa shape index (κ2) is 11.5. The molecule has 2 saturated heterocycles. The van der Waals surface area contributed by atoms with Gasteiger partial charge in [-0.25, -0.2) is 0 Å². The lowest BCUT2D eigenvalue weighted by molar-refractivity contribution is -0.141. The second-order valence-corrected chi connectivity index (χ2v) is 11.5. The van der Waals surface area contributed by atoms with Crippen molar-refractivity contribution in [2.45, 2.75) is 53.1 Å². The maximum atomic E-state index is 11.8. The molecule has 0 aromatic heterocycles. The van der Waals surface area contributed by atoms with Gasteiger partial charge in [-0.1, -0.05) is 30.3 Å². The van der Waals surface area contributed by atoms with Crippen LogP contribution in [0.25, 0.3) is 17.2 Å². The van der Waals surface area contributed by atoms with Gasteiger partial charge in [0.2, 0.25) is 0 Å². The molecule has 40 heavy (non-hydrogen) atoms. The van der Waals surface area contributed by atoms with Crippen molar-refractivity contribution in [3.8, 4) is 22.6 Å². The molecule has 2 amide bonds. The fourth-order valence-corrected chi connectivity index (χ4v) is 5.65. The Morgan fingerprint density at radius 1 is 1.00 bits per heavy atom. The van der Waals surface area contributed by atoms with E-state index in [4.69, 9.17) is 18.9 Å². The Balaban J connectivity index is 1.26. The summed E-state index contributed by atoms with van der Waals surface area (Å²) in [6.07, 6.45) is 1.61. The van der Waals surface area contributed by atoms with Gasteiger partial charge in [0.05, 0.1) is 11.5 Å². The van der Waals surface area contributed by atoms with Crippen molar-refractivity contribution in [2.75, 3.05) is 13.2 Å². The van der Waals surface area contributed by atoms with E-state index in [0.29, 0.717) is 24.7 Å². The number of carbonyl (C=O) groups is 2. The molecule has 0 radical (unpaired) electrons. The van der Waals surface area contributed by atoms with Gasteiger partial charge in [0.15, 0.2) is 5.79 Å². The largest absolute Gasteiger partial charge is 0.491 e. The molecule has 208 valence electrons. The van der Waals surface area contributed by atoms with Crippen molar-refractivity contribution in [2.24, 2.45) is 0 Å². The van der Waals surface area contributed by atoms with Crippen LogP contribution >= 0.6 is 11.8 Å². The number of nitrogens with one attached hydrogen (secondary N) is 1. The summed E-state index contributed by atoms with van der Waals surface area (Å²) in [6.45, 7) is 11.6. The van der Waals surface area contributed by atoms with Crippen LogP contribution in [-0.2, 0) is 20.9 Å². The normalized spacial score (nSPS) is 19.2. The van der Waals surface area contributed by atoms with Gasteiger partial charge in [-0.05, 0) is 116 Å². The standard InChI is InChI=1S/C32H33NO6S/c1-19-13-25(37-17-26-18-38-32(4,5)39-26)14-20(2)29(19)27-8-6-7-23(21(27)3)16-36-24-11-9-22(10-12-24)15-28-30(34)33-31(35)40-28/h6-15,26H,16-18H2,1-5H3,(H,33,34,35)/b28-15-/t26-/m1/s1. The minimum absolute atomic E-state index is 0.0825. The second-order valence-electron chi connectivity index (χ2n) is 10.5. The van der Waals surface area contributed by atoms with E-state index in [-0.39, 0.29) is 17.3 Å². The third-order valence-electron chi connectivity index (χ3n) is 6.94. The molecule has 0 bridgehead atoms. The van der Waals surface area contributed by atoms with Crippen molar-refractivity contribution < 1.29 is 28.5 Å². The summed E-state index contributed by atoms with van der Waals surface area (Å²) in [7, 11) is 0. The van der Waals surface area contributed by atoms with Crippen LogP contribution in [0.15, 0.2) is 59.5 Å². The Hall–Kier alpha value is -3.59. The van der Waals surface area contributed by atoms with E-state index < -0.39 is 5.79 Å². The van der Waals surface area contributed by atoms with Crippen LogP contribution in [0.3, 0.4) is 0 Å². The highest BCUT2D eigenvalue weighted by molar-refractivity contribution is 8.18. The molecule has 0 unspecified atom stereocenters. The SMILES string of the molecule is Cc1cc(OC[C@@H]2COC(C)(C)O2)cc(C)c1-c1cccc(COc2ccc(/C=C3\SC(=O)NC3=O)cc2)c1C. The molecule has 2 aliphatic heterocycles. The van der Waals surface area contributed by atoms with E-state index in [0.717, 1.165) is 51.1 Å². The van der Waals surface area contributed by atoms with Crippen molar-refractivity contribution in [3.63, 3.8) is 0 Å². The molecule has 2 fully saturated rings. The fourth-order valence-electron chi connectivity index (χ4n) is 4.97. The van der Waals surface area contributed by atoms with Crippen LogP contribution in [0.1, 0.15) is 41.7 Å². The van der Waals surface area contributed by atoms with Crippen LogP contribution < -0.4 is 14.8 Å². The molecule has 1 atom stereocenters. The van der Waals surface area contributed by atoms with Crippen molar-refractivity contribution in [1.29, 1.82) is 0 Å². The number of rotatable bonds is 8. The molecule has 7 nitrogen and oxygen atoms in total. The minimum Gasteiger partial charge on any atom is -0.491 e. The zero-order valence-electron chi connectivity index (χ0n) is 23.3. The topological polar surface area (TPSA) is 83.1 Å². The van der Waals surface area contributed by atoms with Gasteiger partial charge in [0.25, 0.3) is 11.1 Å². The van der Waals surface area contributed by atoms with Crippen LogP contribution in [0.5, 0.6) is 11.5 Å². The smallest absolute Gasteiger partial charge is 0.290 e. The number of carbonyl (C=O) groups excluding carboxylic acids is 2. The predicted molar refractivity (Wildman–Crippen MR) is 156 cm³/mol. The third-order valence-corrected chi connectivity index (χ3v) is 7.75. The zero-order valence-corrected chi connectivity index (χ0v) is 24.1. The molecular weight excluding hydrogens is 526 g/mol. The Morgan fingerprint density at radius 2 is 1.73 bits per heavy atom. The van der Waals surface area contributed by atoms with E-state index in [2.05, 4.69) is 56.4 Å². The van der Waals surface area contributed by atoms with Gasteiger partial charge in [-0.2, -0.15) is 0 Å². The summed E-state index contributed by atoms with van der Waals surface area (Å²) in [5.74, 6) is 0.618. The van der Waals surface area contributed by atoms with Gasteiger partial charge in [-0.15, -0.1) is 0 Å². The van der Waals surface area contributed by atoms with Gasteiger partial charge >= 0.3 is 0 Å². The highest BCUT2D eigenvalue weighted by Crippen LogP contribution is 2.35. The van der Waals surface area contributed by atoms with E-state index in [1.165, 1.54) is 11.1 Å². The first-order valence-electron chi connectivity index (χ1n) is 13.2. The van der Waals surface area contributed by atoms with E-state index in [1.807, 2.05) is 38.1 Å². The minimum atomic E-state index is -0.562. The van der Waals surface area contributed by atoms with Crippen molar-refractivity contribution >= 4 is 29.0 Å². The first-order valence-corrected chi connectivity index (χ1v) is 14.0. The van der Waals surface area contributed by atoms with Crippen LogP contribution in [0.2, 0.25) is 0 Å². The van der Waals surface area contributed by atoms with Crippen LogP contribution in [0, 0.1) is 20.8 Å². The van der Waals surface area contributed by atoms with Crippen LogP contribution in [0.4, 0.5) is 4.79 Å². The zero-order chi connectivity index (χ0) is 28.4. The number of aryl methyl sites for hydroxylation is 2. The lowest BCUT2D eigenvalue weighted by atomic mass is 9.90.